The summed E-state index contributed by atoms with van der Waals surface area (Å²) < 4.78 is 5.55. The molecule has 3 fully saturated rings. The third-order valence-corrected chi connectivity index (χ3v) is 5.44. The second-order valence-corrected chi connectivity index (χ2v) is 7.12. The van der Waals surface area contributed by atoms with Crippen molar-refractivity contribution >= 4 is 11.9 Å². The molecular formula is C17H28N2O4. The Labute approximate surface area is 137 Å². The van der Waals surface area contributed by atoms with E-state index in [1.165, 1.54) is 0 Å². The van der Waals surface area contributed by atoms with Gasteiger partial charge in [-0.05, 0) is 57.8 Å². The number of carbonyl (C=O) groups excluding carboxylic acids is 1. The molecule has 2 unspecified atom stereocenters. The van der Waals surface area contributed by atoms with Gasteiger partial charge in [0, 0.05) is 19.2 Å². The number of hydrogen-bond donors (Lipinski definition) is 2. The molecule has 1 aliphatic heterocycles. The molecule has 23 heavy (non-hydrogen) atoms. The Bertz CT molecular complexity index is 446. The van der Waals surface area contributed by atoms with E-state index in [2.05, 4.69) is 5.32 Å². The molecule has 2 N–H and O–H groups in total. The first-order valence-electron chi connectivity index (χ1n) is 8.99. The summed E-state index contributed by atoms with van der Waals surface area (Å²) in [4.78, 5) is 25.8. The van der Waals surface area contributed by atoms with E-state index in [1.54, 1.807) is 0 Å². The number of ether oxygens (including phenoxy) is 1. The fourth-order valence-corrected chi connectivity index (χ4v) is 4.03. The van der Waals surface area contributed by atoms with Crippen molar-refractivity contribution in [2.75, 3.05) is 13.2 Å². The Kier molecular flexibility index (Phi) is 5.21. The van der Waals surface area contributed by atoms with Crippen LogP contribution in [0.4, 0.5) is 0 Å². The van der Waals surface area contributed by atoms with Gasteiger partial charge in [0.2, 0.25) is 5.91 Å². The SMILES string of the molecule is CCOC1CC(CCNC(=O)C2CCC(C(=O)O)N2C2CC2)C1. The number of amides is 1. The van der Waals surface area contributed by atoms with Gasteiger partial charge >= 0.3 is 5.97 Å². The minimum atomic E-state index is -0.788. The summed E-state index contributed by atoms with van der Waals surface area (Å²) in [5.41, 5.74) is 0. The standard InChI is InChI=1S/C17H28N2O4/c1-2-23-13-9-11(10-13)7-8-18-16(20)14-5-6-15(17(21)22)19(14)12-3-4-12/h11-15H,2-10H2,1H3,(H,18,20)(H,21,22). The molecule has 0 aromatic heterocycles. The lowest BCUT2D eigenvalue weighted by Gasteiger charge is -2.35. The molecule has 2 atom stereocenters. The Morgan fingerprint density at radius 3 is 2.48 bits per heavy atom. The topological polar surface area (TPSA) is 78.9 Å². The summed E-state index contributed by atoms with van der Waals surface area (Å²) in [6.07, 6.45) is 6.90. The lowest BCUT2D eigenvalue weighted by atomic mass is 9.80. The first kappa shape index (κ1) is 16.7. The van der Waals surface area contributed by atoms with Gasteiger partial charge in [-0.3, -0.25) is 14.5 Å². The number of carboxylic acid groups (broad SMARTS) is 1. The number of nitrogens with zero attached hydrogens (tertiary/aromatic N) is 1. The number of rotatable bonds is 8. The molecular weight excluding hydrogens is 296 g/mol. The van der Waals surface area contributed by atoms with Crippen LogP contribution in [0.25, 0.3) is 0 Å². The summed E-state index contributed by atoms with van der Waals surface area (Å²) in [5.74, 6) is -0.119. The number of aliphatic carboxylic acids is 1. The van der Waals surface area contributed by atoms with Crippen molar-refractivity contribution in [1.82, 2.24) is 10.2 Å². The minimum absolute atomic E-state index is 0.0151. The van der Waals surface area contributed by atoms with Crippen LogP contribution in [0.5, 0.6) is 0 Å². The maximum absolute atomic E-state index is 12.4. The van der Waals surface area contributed by atoms with Crippen LogP contribution in [-0.2, 0) is 14.3 Å². The number of hydrogen-bond acceptors (Lipinski definition) is 4. The highest BCUT2D eigenvalue weighted by molar-refractivity contribution is 5.84. The summed E-state index contributed by atoms with van der Waals surface area (Å²) in [6, 6.07) is -0.425. The fourth-order valence-electron chi connectivity index (χ4n) is 4.03. The lowest BCUT2D eigenvalue weighted by molar-refractivity contribution is -0.143. The molecule has 0 bridgehead atoms. The van der Waals surface area contributed by atoms with Gasteiger partial charge in [0.1, 0.15) is 6.04 Å². The van der Waals surface area contributed by atoms with Crippen LogP contribution in [0.15, 0.2) is 0 Å². The fraction of sp³-hybridized carbons (Fsp3) is 0.882. The van der Waals surface area contributed by atoms with Crippen LogP contribution in [0.1, 0.15) is 51.9 Å². The molecule has 130 valence electrons. The summed E-state index contributed by atoms with van der Waals surface area (Å²) in [7, 11) is 0. The zero-order chi connectivity index (χ0) is 16.4. The first-order chi connectivity index (χ1) is 11.1. The van der Waals surface area contributed by atoms with Gasteiger partial charge < -0.3 is 15.2 Å². The highest BCUT2D eigenvalue weighted by Gasteiger charge is 2.48. The average molecular weight is 324 g/mol. The molecule has 6 nitrogen and oxygen atoms in total. The largest absolute Gasteiger partial charge is 0.480 e. The van der Waals surface area contributed by atoms with Crippen LogP contribution in [0.3, 0.4) is 0 Å². The molecule has 0 aromatic carbocycles. The van der Waals surface area contributed by atoms with Gasteiger partial charge in [0.05, 0.1) is 12.1 Å². The highest BCUT2D eigenvalue weighted by atomic mass is 16.5. The van der Waals surface area contributed by atoms with Gasteiger partial charge in [-0.2, -0.15) is 0 Å². The molecule has 1 amide bonds. The number of likely N-dealkylation sites (tertiary alicyclic amines) is 1. The third-order valence-electron chi connectivity index (χ3n) is 5.44. The summed E-state index contributed by atoms with van der Waals surface area (Å²) in [5, 5.41) is 12.4. The molecule has 3 rings (SSSR count). The van der Waals surface area contributed by atoms with E-state index in [-0.39, 0.29) is 11.9 Å². The van der Waals surface area contributed by atoms with Crippen molar-refractivity contribution in [2.24, 2.45) is 5.92 Å². The number of nitrogens with one attached hydrogen (secondary N) is 1. The van der Waals surface area contributed by atoms with Crippen molar-refractivity contribution in [1.29, 1.82) is 0 Å². The Balaban J connectivity index is 1.41. The molecule has 6 heteroatoms. The van der Waals surface area contributed by atoms with Crippen LogP contribution in [0.2, 0.25) is 0 Å². The van der Waals surface area contributed by atoms with Crippen LogP contribution >= 0.6 is 0 Å². The van der Waals surface area contributed by atoms with Crippen LogP contribution < -0.4 is 5.32 Å². The van der Waals surface area contributed by atoms with E-state index in [1.807, 2.05) is 11.8 Å². The van der Waals surface area contributed by atoms with E-state index in [9.17, 15) is 14.7 Å². The van der Waals surface area contributed by atoms with Crippen molar-refractivity contribution in [2.45, 2.75) is 76.1 Å². The molecule has 2 aliphatic carbocycles. The molecule has 0 spiro atoms. The maximum Gasteiger partial charge on any atom is 0.320 e. The molecule has 1 saturated heterocycles. The van der Waals surface area contributed by atoms with E-state index in [0.29, 0.717) is 37.5 Å². The van der Waals surface area contributed by atoms with Gasteiger partial charge in [-0.25, -0.2) is 0 Å². The van der Waals surface area contributed by atoms with E-state index in [0.717, 1.165) is 38.7 Å². The van der Waals surface area contributed by atoms with Gasteiger partial charge in [-0.15, -0.1) is 0 Å². The Morgan fingerprint density at radius 2 is 1.87 bits per heavy atom. The predicted octanol–water partition coefficient (Wildman–Crippen LogP) is 1.39. The van der Waals surface area contributed by atoms with Gasteiger partial charge in [0.15, 0.2) is 0 Å². The van der Waals surface area contributed by atoms with Crippen molar-refractivity contribution < 1.29 is 19.4 Å². The minimum Gasteiger partial charge on any atom is -0.480 e. The second-order valence-electron chi connectivity index (χ2n) is 7.12. The number of carboxylic acids is 1. The monoisotopic (exact) mass is 324 g/mol. The van der Waals surface area contributed by atoms with Crippen LogP contribution in [0, 0.1) is 5.92 Å². The lowest BCUT2D eigenvalue weighted by Crippen LogP contribution is -2.49. The maximum atomic E-state index is 12.4. The van der Waals surface area contributed by atoms with Crippen LogP contribution in [-0.4, -0.2) is 59.3 Å². The van der Waals surface area contributed by atoms with E-state index in [4.69, 9.17) is 4.74 Å². The molecule has 0 aromatic rings. The van der Waals surface area contributed by atoms with Gasteiger partial charge in [-0.1, -0.05) is 0 Å². The average Bonchev–Trinajstić information content (AvgIpc) is 3.22. The predicted molar refractivity (Wildman–Crippen MR) is 85.1 cm³/mol. The summed E-state index contributed by atoms with van der Waals surface area (Å²) in [6.45, 7) is 3.48. The zero-order valence-electron chi connectivity index (χ0n) is 13.9. The first-order valence-corrected chi connectivity index (χ1v) is 8.99. The normalized spacial score (nSPS) is 34.1. The molecule has 0 radical (unpaired) electrons. The Morgan fingerprint density at radius 1 is 1.17 bits per heavy atom. The molecule has 3 aliphatic rings. The number of carbonyl (C=O) groups is 2. The third kappa shape index (κ3) is 3.86. The smallest absolute Gasteiger partial charge is 0.320 e. The van der Waals surface area contributed by atoms with Gasteiger partial charge in [0.25, 0.3) is 0 Å². The van der Waals surface area contributed by atoms with Crippen molar-refractivity contribution in [3.05, 3.63) is 0 Å². The summed E-state index contributed by atoms with van der Waals surface area (Å²) >= 11 is 0. The highest BCUT2D eigenvalue weighted by Crippen LogP contribution is 2.37. The van der Waals surface area contributed by atoms with E-state index >= 15 is 0 Å². The molecule has 1 heterocycles. The molecule has 2 saturated carbocycles. The Hall–Kier alpha value is -1.14. The zero-order valence-corrected chi connectivity index (χ0v) is 13.9. The van der Waals surface area contributed by atoms with Crippen molar-refractivity contribution in [3.8, 4) is 0 Å². The second kappa shape index (κ2) is 7.18. The quantitative estimate of drug-likeness (QED) is 0.705. The van der Waals surface area contributed by atoms with Crippen molar-refractivity contribution in [3.63, 3.8) is 0 Å². The van der Waals surface area contributed by atoms with E-state index < -0.39 is 12.0 Å².